The Bertz CT molecular complexity index is 160. The molecule has 11 heavy (non-hydrogen) atoms. The fourth-order valence-corrected chi connectivity index (χ4v) is 0.950. The highest BCUT2D eigenvalue weighted by Gasteiger charge is 2.21. The van der Waals surface area contributed by atoms with Gasteiger partial charge in [0.1, 0.15) is 0 Å². The Balaban J connectivity index is 3.96. The van der Waals surface area contributed by atoms with E-state index in [1.54, 1.807) is 0 Å². The van der Waals surface area contributed by atoms with Gasteiger partial charge in [0.15, 0.2) is 0 Å². The van der Waals surface area contributed by atoms with Crippen LogP contribution in [0.4, 0.5) is 0 Å². The van der Waals surface area contributed by atoms with Crippen molar-refractivity contribution in [1.82, 2.24) is 0 Å². The van der Waals surface area contributed by atoms with E-state index in [9.17, 15) is 0 Å². The van der Waals surface area contributed by atoms with E-state index in [2.05, 4.69) is 67.4 Å². The molecule has 0 aliphatic rings. The van der Waals surface area contributed by atoms with E-state index < -0.39 is 0 Å². The molecular weight excluding hydrogens is 383 g/mol. The summed E-state index contributed by atoms with van der Waals surface area (Å²) in [6.07, 6.45) is 7.48. The summed E-state index contributed by atoms with van der Waals surface area (Å²) in [5.74, 6) is 0.518. The fraction of sp³-hybridized carbons (Fsp3) is 0.429. The highest BCUT2D eigenvalue weighted by atomic mass is 127. The summed E-state index contributed by atoms with van der Waals surface area (Å²) in [5.41, 5.74) is 5.18. The van der Waals surface area contributed by atoms with Crippen molar-refractivity contribution in [1.29, 1.82) is 0 Å². The van der Waals surface area contributed by atoms with Crippen LogP contribution < -0.4 is 5.73 Å². The van der Waals surface area contributed by atoms with Gasteiger partial charge in [-0.1, -0.05) is 64.3 Å². The minimum Gasteiger partial charge on any atom is -0.405 e. The summed E-state index contributed by atoms with van der Waals surface area (Å²) in [4.78, 5) is 0. The quantitative estimate of drug-likeness (QED) is 0.338. The molecule has 4 heteroatoms. The summed E-state index contributed by atoms with van der Waals surface area (Å²) in [6.45, 7) is 2.17. The second-order valence-corrected chi connectivity index (χ2v) is 11.1. The molecule has 0 rings (SSSR count). The number of nitrogens with two attached hydrogens (primary N) is 1. The maximum Gasteiger partial charge on any atom is 0.0927 e. The molecule has 0 aliphatic carbocycles. The standard InChI is InChI=1S/C7H12I2NP/c1-6(7(8,9)11)4-2-3-5-10/h2-6H,10-11H2,1H3/b4-2-,5-3-. The zero-order chi connectivity index (χ0) is 8.91. The van der Waals surface area contributed by atoms with Crippen LogP contribution in [0.3, 0.4) is 0 Å². The van der Waals surface area contributed by atoms with E-state index in [4.69, 9.17) is 5.73 Å². The first-order valence-corrected chi connectivity index (χ1v) is 5.93. The molecule has 0 radical (unpaired) electrons. The predicted molar refractivity (Wildman–Crippen MR) is 72.1 cm³/mol. The van der Waals surface area contributed by atoms with Crippen molar-refractivity contribution in [2.45, 2.75) is 8.09 Å². The van der Waals surface area contributed by atoms with Crippen LogP contribution >= 0.6 is 54.4 Å². The number of rotatable bonds is 3. The summed E-state index contributed by atoms with van der Waals surface area (Å²) in [6, 6.07) is 0. The van der Waals surface area contributed by atoms with E-state index in [1.165, 1.54) is 6.20 Å². The summed E-state index contributed by atoms with van der Waals surface area (Å²) >= 11 is 4.79. The lowest BCUT2D eigenvalue weighted by Crippen LogP contribution is -2.09. The molecule has 0 saturated heterocycles. The van der Waals surface area contributed by atoms with Gasteiger partial charge in [0.05, 0.1) is 1.17 Å². The Kier molecular flexibility index (Phi) is 6.37. The second-order valence-electron chi connectivity index (χ2n) is 2.23. The van der Waals surface area contributed by atoms with Crippen molar-refractivity contribution in [2.75, 3.05) is 0 Å². The Hall–Kier alpha value is 1.17. The second kappa shape index (κ2) is 5.75. The lowest BCUT2D eigenvalue weighted by molar-refractivity contribution is 0.815. The zero-order valence-electron chi connectivity index (χ0n) is 6.30. The van der Waals surface area contributed by atoms with Gasteiger partial charge in [0.25, 0.3) is 0 Å². The highest BCUT2D eigenvalue weighted by Crippen LogP contribution is 2.42. The molecular formula is C7H12I2NP. The van der Waals surface area contributed by atoms with E-state index in [0.717, 1.165) is 0 Å². The molecule has 0 spiro atoms. The predicted octanol–water partition coefficient (Wildman–Crippen LogP) is 3.05. The van der Waals surface area contributed by atoms with Crippen LogP contribution in [0.1, 0.15) is 6.92 Å². The van der Waals surface area contributed by atoms with Crippen molar-refractivity contribution < 1.29 is 0 Å². The molecule has 0 bridgehead atoms. The van der Waals surface area contributed by atoms with Gasteiger partial charge in [-0.2, -0.15) is 0 Å². The van der Waals surface area contributed by atoms with Crippen molar-refractivity contribution in [3.8, 4) is 0 Å². The molecule has 0 fully saturated rings. The van der Waals surface area contributed by atoms with E-state index in [0.29, 0.717) is 5.92 Å². The Morgan fingerprint density at radius 2 is 2.00 bits per heavy atom. The molecule has 1 nitrogen and oxygen atoms in total. The van der Waals surface area contributed by atoms with Gasteiger partial charge in [0, 0.05) is 5.92 Å². The summed E-state index contributed by atoms with van der Waals surface area (Å²) in [5, 5.41) is 0. The number of alkyl halides is 2. The molecule has 0 aromatic carbocycles. The van der Waals surface area contributed by atoms with Crippen LogP contribution in [-0.4, -0.2) is 1.17 Å². The van der Waals surface area contributed by atoms with Crippen LogP contribution in [0.5, 0.6) is 0 Å². The molecule has 0 aliphatic heterocycles. The van der Waals surface area contributed by atoms with Crippen LogP contribution in [0, 0.1) is 5.92 Å². The fourth-order valence-electron chi connectivity index (χ4n) is 0.423. The maximum atomic E-state index is 5.18. The van der Waals surface area contributed by atoms with Crippen LogP contribution in [0.25, 0.3) is 0 Å². The summed E-state index contributed by atoms with van der Waals surface area (Å²) in [7, 11) is 2.81. The number of allylic oxidation sites excluding steroid dienone is 3. The molecule has 2 atom stereocenters. The lowest BCUT2D eigenvalue weighted by atomic mass is 10.2. The first-order chi connectivity index (χ1) is 4.98. The molecule has 0 aromatic rings. The van der Waals surface area contributed by atoms with Crippen LogP contribution in [0.2, 0.25) is 0 Å². The minimum absolute atomic E-state index is 0.203. The van der Waals surface area contributed by atoms with Gasteiger partial charge in [-0.25, -0.2) is 0 Å². The number of halogens is 2. The van der Waals surface area contributed by atoms with Crippen molar-refractivity contribution >= 4 is 54.4 Å². The van der Waals surface area contributed by atoms with Gasteiger partial charge < -0.3 is 5.73 Å². The van der Waals surface area contributed by atoms with Crippen molar-refractivity contribution in [3.05, 3.63) is 24.4 Å². The first-order valence-electron chi connectivity index (χ1n) is 3.20. The SMILES string of the molecule is CC(/C=C\C=C/N)C(P)(I)I. The number of hydrogen-bond donors (Lipinski definition) is 1. The van der Waals surface area contributed by atoms with E-state index >= 15 is 0 Å². The van der Waals surface area contributed by atoms with E-state index in [-0.39, 0.29) is 1.17 Å². The van der Waals surface area contributed by atoms with Crippen LogP contribution in [-0.2, 0) is 0 Å². The average Bonchev–Trinajstić information content (AvgIpc) is 1.86. The maximum absolute atomic E-state index is 5.18. The average molecular weight is 395 g/mol. The third kappa shape index (κ3) is 6.34. The molecule has 2 unspecified atom stereocenters. The molecule has 0 aromatic heterocycles. The Labute approximate surface area is 97.7 Å². The van der Waals surface area contributed by atoms with Gasteiger partial charge >= 0.3 is 0 Å². The number of hydrogen-bond acceptors (Lipinski definition) is 1. The molecule has 0 saturated carbocycles. The van der Waals surface area contributed by atoms with Gasteiger partial charge in [0.2, 0.25) is 0 Å². The van der Waals surface area contributed by atoms with Gasteiger partial charge in [-0.15, -0.1) is 9.24 Å². The first kappa shape index (κ1) is 12.2. The van der Waals surface area contributed by atoms with Gasteiger partial charge in [-0.3, -0.25) is 0 Å². The lowest BCUT2D eigenvalue weighted by Gasteiger charge is -2.19. The monoisotopic (exact) mass is 395 g/mol. The van der Waals surface area contributed by atoms with Crippen molar-refractivity contribution in [2.24, 2.45) is 11.7 Å². The third-order valence-electron chi connectivity index (χ3n) is 1.23. The molecule has 0 heterocycles. The summed E-state index contributed by atoms with van der Waals surface area (Å²) < 4.78 is 0.203. The van der Waals surface area contributed by atoms with Crippen molar-refractivity contribution in [3.63, 3.8) is 0 Å². The normalized spacial score (nSPS) is 16.4. The van der Waals surface area contributed by atoms with Gasteiger partial charge in [-0.05, 0) is 12.3 Å². The Morgan fingerprint density at radius 1 is 1.45 bits per heavy atom. The molecule has 2 N–H and O–H groups in total. The minimum atomic E-state index is 0.203. The largest absolute Gasteiger partial charge is 0.405 e. The van der Waals surface area contributed by atoms with Crippen LogP contribution in [0.15, 0.2) is 24.4 Å². The Morgan fingerprint density at radius 3 is 2.36 bits per heavy atom. The zero-order valence-corrected chi connectivity index (χ0v) is 11.8. The topological polar surface area (TPSA) is 26.0 Å². The molecule has 64 valence electrons. The third-order valence-corrected chi connectivity index (χ3v) is 3.72. The van der Waals surface area contributed by atoms with E-state index in [1.807, 2.05) is 12.2 Å². The highest BCUT2D eigenvalue weighted by molar-refractivity contribution is 14.2. The smallest absolute Gasteiger partial charge is 0.0927 e. The molecule has 0 amide bonds.